The Morgan fingerprint density at radius 2 is 0.721 bits per heavy atom. The number of unbranched alkanes of at least 4 members (excludes halogenated alkanes) is 16. The first-order valence-corrected chi connectivity index (χ1v) is 19.2. The van der Waals surface area contributed by atoms with Crippen molar-refractivity contribution in [1.82, 2.24) is 9.80 Å². The Hall–Kier alpha value is 0.0197. The molecule has 43 heavy (non-hydrogen) atoms. The number of amides is 2. The molecule has 0 aliphatic carbocycles. The normalized spacial score (nSPS) is 11.3. The van der Waals surface area contributed by atoms with Gasteiger partial charge in [0.25, 0.3) is 0 Å². The van der Waals surface area contributed by atoms with Gasteiger partial charge in [-0.25, -0.2) is 16.8 Å². The fourth-order valence-corrected chi connectivity index (χ4v) is 5.30. The van der Waals surface area contributed by atoms with E-state index >= 15 is 0 Å². The minimum Gasteiger partial charge on any atom is -0.748 e. The fourth-order valence-electron chi connectivity index (χ4n) is 4.30. The van der Waals surface area contributed by atoms with E-state index in [9.17, 15) is 35.5 Å². The van der Waals surface area contributed by atoms with Gasteiger partial charge in [0.2, 0.25) is 11.8 Å². The van der Waals surface area contributed by atoms with Gasteiger partial charge in [0, 0.05) is 40.0 Å². The largest absolute Gasteiger partial charge is 2.00 e. The van der Waals surface area contributed by atoms with Crippen LogP contribution in [0, 0.1) is 0 Å². The molecule has 0 N–H and O–H groups in total. The van der Waals surface area contributed by atoms with Crippen LogP contribution >= 0.6 is 0 Å². The summed E-state index contributed by atoms with van der Waals surface area (Å²) < 4.78 is 62.9. The summed E-state index contributed by atoms with van der Waals surface area (Å²) in [4.78, 5) is 26.1. The summed E-state index contributed by atoms with van der Waals surface area (Å²) >= 11 is 0. The van der Waals surface area contributed by atoms with Crippen molar-refractivity contribution in [3.8, 4) is 0 Å². The molecule has 0 fully saturated rings. The number of carbonyl (C=O) groups is 2. The second-order valence-electron chi connectivity index (χ2n) is 11.3. The van der Waals surface area contributed by atoms with Crippen molar-refractivity contribution in [2.24, 2.45) is 0 Å². The van der Waals surface area contributed by atoms with Crippen LogP contribution in [-0.4, -0.2) is 124 Å². The molecule has 0 rings (SSSR count). The van der Waals surface area contributed by atoms with Crippen LogP contribution in [0.15, 0.2) is 0 Å². The maximum absolute atomic E-state index is 11.7. The van der Waals surface area contributed by atoms with Gasteiger partial charge < -0.3 is 18.9 Å². The summed E-state index contributed by atoms with van der Waals surface area (Å²) in [5.74, 6) is -1.18. The summed E-state index contributed by atoms with van der Waals surface area (Å²) in [6.07, 6.45) is 22.3. The Morgan fingerprint density at radius 1 is 0.488 bits per heavy atom. The molecule has 0 saturated carbocycles. The maximum atomic E-state index is 11.7. The van der Waals surface area contributed by atoms with Crippen molar-refractivity contribution < 1.29 is 35.5 Å². The van der Waals surface area contributed by atoms with Crippen LogP contribution < -0.4 is 0 Å². The number of hydrogen-bond donors (Lipinski definition) is 0. The Balaban J connectivity index is -0.000000727. The molecule has 2 amide bonds. The van der Waals surface area contributed by atoms with Gasteiger partial charge in [0.1, 0.15) is 0 Å². The summed E-state index contributed by atoms with van der Waals surface area (Å²) in [5, 5.41) is 0. The second kappa shape index (κ2) is 30.7. The van der Waals surface area contributed by atoms with Gasteiger partial charge in [-0.2, -0.15) is 0 Å². The molecule has 0 aliphatic heterocycles. The van der Waals surface area contributed by atoms with E-state index in [4.69, 9.17) is 0 Å². The van der Waals surface area contributed by atoms with Gasteiger partial charge in [-0.15, -0.1) is 0 Å². The van der Waals surface area contributed by atoms with Gasteiger partial charge in [-0.3, -0.25) is 9.59 Å². The summed E-state index contributed by atoms with van der Waals surface area (Å²) in [5.41, 5.74) is 0. The van der Waals surface area contributed by atoms with Crippen LogP contribution in [-0.2, 0) is 29.8 Å². The molecule has 0 aromatic heterocycles. The van der Waals surface area contributed by atoms with E-state index in [-0.39, 0.29) is 62.6 Å². The van der Waals surface area contributed by atoms with Crippen LogP contribution in [0.25, 0.3) is 0 Å². The Bertz CT molecular complexity index is 815. The van der Waals surface area contributed by atoms with Crippen LogP contribution in [0.2, 0.25) is 0 Å². The Labute approximate surface area is 294 Å². The van der Waals surface area contributed by atoms with Gasteiger partial charge in [-0.1, -0.05) is 117 Å². The van der Waals surface area contributed by atoms with E-state index < -0.39 is 31.7 Å². The first-order chi connectivity index (χ1) is 19.7. The molecule has 0 unspecified atom stereocenters. The number of hydrogen-bond acceptors (Lipinski definition) is 8. The van der Waals surface area contributed by atoms with E-state index in [1.54, 1.807) is 14.1 Å². The summed E-state index contributed by atoms with van der Waals surface area (Å²) in [6, 6.07) is 0. The molecule has 0 aromatic carbocycles. The smallest absolute Gasteiger partial charge is 0.748 e. The molecule has 0 heterocycles. The predicted octanol–water partition coefficient (Wildman–Crippen LogP) is 5.44. The second-order valence-corrected chi connectivity index (χ2v) is 14.4. The first-order valence-electron chi connectivity index (χ1n) is 16.1. The standard InChI is InChI=1S/2C15H31NO4S.Ca/c2*1-3-4-5-6-7-8-9-10-11-12-15(17)16(2)13-14-21(18,19)20;/h2*3-14H2,1-2H3,(H,18,19,20);/q;;+2/p-2. The van der Waals surface area contributed by atoms with E-state index in [1.807, 2.05) is 0 Å². The van der Waals surface area contributed by atoms with Crippen LogP contribution in [0.4, 0.5) is 0 Å². The minimum absolute atomic E-state index is 0. The van der Waals surface area contributed by atoms with Crippen molar-refractivity contribution in [2.45, 2.75) is 142 Å². The third kappa shape index (κ3) is 38.1. The fraction of sp³-hybridized carbons (Fsp3) is 0.933. The van der Waals surface area contributed by atoms with E-state index in [0.717, 1.165) is 38.5 Å². The number of rotatable bonds is 26. The zero-order valence-electron chi connectivity index (χ0n) is 27.7. The number of nitrogens with zero attached hydrogens (tertiary/aromatic N) is 2. The molecule has 0 bridgehead atoms. The maximum Gasteiger partial charge on any atom is 2.00 e. The molecule has 252 valence electrons. The molecule has 0 aromatic rings. The van der Waals surface area contributed by atoms with Gasteiger partial charge in [0.05, 0.1) is 31.7 Å². The van der Waals surface area contributed by atoms with Crippen molar-refractivity contribution in [1.29, 1.82) is 0 Å². The zero-order valence-corrected chi connectivity index (χ0v) is 31.5. The van der Waals surface area contributed by atoms with E-state index in [2.05, 4.69) is 13.8 Å². The molecule has 10 nitrogen and oxygen atoms in total. The zero-order chi connectivity index (χ0) is 32.3. The van der Waals surface area contributed by atoms with Crippen molar-refractivity contribution in [3.63, 3.8) is 0 Å². The Kier molecular flexibility index (Phi) is 33.8. The molecule has 0 saturated heterocycles. The third-order valence-corrected chi connectivity index (χ3v) is 8.56. The minimum atomic E-state index is -4.24. The van der Waals surface area contributed by atoms with E-state index in [1.165, 1.54) is 86.8 Å². The van der Waals surface area contributed by atoms with Gasteiger partial charge >= 0.3 is 37.7 Å². The molecule has 0 radical (unpaired) electrons. The molecular weight excluding hydrogens is 621 g/mol. The van der Waals surface area contributed by atoms with Gasteiger partial charge in [0.15, 0.2) is 0 Å². The number of carbonyl (C=O) groups excluding carboxylic acids is 2. The van der Waals surface area contributed by atoms with Gasteiger partial charge in [-0.05, 0) is 12.8 Å². The average molecular weight is 681 g/mol. The van der Waals surface area contributed by atoms with Crippen LogP contribution in [0.3, 0.4) is 0 Å². The monoisotopic (exact) mass is 680 g/mol. The summed E-state index contributed by atoms with van der Waals surface area (Å²) in [7, 11) is -5.39. The van der Waals surface area contributed by atoms with Crippen LogP contribution in [0.5, 0.6) is 0 Å². The SMILES string of the molecule is CCCCCCCCCCCC(=O)N(C)CCS(=O)(=O)[O-].CCCCCCCCCCCC(=O)N(C)CCS(=O)(=O)[O-].[Ca+2]. The third-order valence-electron chi connectivity index (χ3n) is 7.19. The summed E-state index contributed by atoms with van der Waals surface area (Å²) in [6.45, 7) is 4.39. The van der Waals surface area contributed by atoms with E-state index in [0.29, 0.717) is 12.8 Å². The molecule has 0 spiro atoms. The first kappa shape index (κ1) is 47.4. The Morgan fingerprint density at radius 3 is 0.953 bits per heavy atom. The quantitative estimate of drug-likeness (QED) is 0.0665. The molecule has 0 atom stereocenters. The molecule has 13 heteroatoms. The molecular formula is C30H60CaN2O8S2. The average Bonchev–Trinajstić information content (AvgIpc) is 2.92. The molecule has 0 aliphatic rings. The van der Waals surface area contributed by atoms with Crippen molar-refractivity contribution in [2.75, 3.05) is 38.7 Å². The van der Waals surface area contributed by atoms with Crippen molar-refractivity contribution >= 4 is 69.8 Å². The van der Waals surface area contributed by atoms with Crippen molar-refractivity contribution in [3.05, 3.63) is 0 Å². The van der Waals surface area contributed by atoms with Crippen LogP contribution in [0.1, 0.15) is 142 Å². The topological polar surface area (TPSA) is 155 Å². The predicted molar refractivity (Wildman–Crippen MR) is 174 cm³/mol.